The number of hydrogen-bond acceptors (Lipinski definition) is 4. The molecule has 0 saturated heterocycles. The molecule has 0 unspecified atom stereocenters. The number of aliphatic hydroxyl groups excluding tert-OH is 1. The number of benzene rings is 2. The van der Waals surface area contributed by atoms with E-state index in [9.17, 15) is 15.0 Å². The summed E-state index contributed by atoms with van der Waals surface area (Å²) >= 11 is 6.26. The summed E-state index contributed by atoms with van der Waals surface area (Å²) in [4.78, 5) is 20.7. The summed E-state index contributed by atoms with van der Waals surface area (Å²) in [5, 5.41) is 20.6. The number of pyridine rings is 1. The number of carbonyl (C=O) groups is 1. The maximum atomic E-state index is 11.6. The normalized spacial score (nSPS) is 10.9. The standard InChI is InChI=1S/C25H24ClN3O3.Na.H/c1-2-3-8-23-28-24(26)22(15-30)29(23)14-16-9-11-20-17(13-16)10-12-21(27-20)18-6-4-5-7-19(18)25(31)32;;/h4-7,9-13,30H,2-3,8,14-15H2,1H3,(H,31,32);;. The van der Waals surface area contributed by atoms with E-state index in [1.54, 1.807) is 18.2 Å². The minimum absolute atomic E-state index is 0. The molecule has 0 aliphatic rings. The molecule has 0 radical (unpaired) electrons. The van der Waals surface area contributed by atoms with Crippen LogP contribution < -0.4 is 0 Å². The fourth-order valence-electron chi connectivity index (χ4n) is 3.87. The SMILES string of the molecule is CCCCc1nc(Cl)c(CO)n1Cc1ccc2nc(-c3ccccc3C(=O)O)ccc2c1.[NaH]. The number of rotatable bonds is 8. The number of fused-ring (bicyclic) bond motifs is 1. The van der Waals surface area contributed by atoms with E-state index in [0.29, 0.717) is 28.6 Å². The van der Waals surface area contributed by atoms with Crippen molar-refractivity contribution in [2.45, 2.75) is 39.3 Å². The van der Waals surface area contributed by atoms with Crippen LogP contribution in [0.5, 0.6) is 0 Å². The molecule has 0 fully saturated rings. The third-order valence-electron chi connectivity index (χ3n) is 5.53. The van der Waals surface area contributed by atoms with Gasteiger partial charge >= 0.3 is 35.5 Å². The van der Waals surface area contributed by atoms with Crippen LogP contribution >= 0.6 is 11.6 Å². The summed E-state index contributed by atoms with van der Waals surface area (Å²) in [7, 11) is 0. The molecule has 0 aliphatic heterocycles. The molecule has 2 N–H and O–H groups in total. The molecule has 2 heterocycles. The molecule has 33 heavy (non-hydrogen) atoms. The monoisotopic (exact) mass is 473 g/mol. The number of unbranched alkanes of at least 4 members (excludes halogenated alkanes) is 1. The number of carboxylic acid groups (broad SMARTS) is 1. The van der Waals surface area contributed by atoms with Crippen LogP contribution in [0, 0.1) is 0 Å². The second kappa shape index (κ2) is 11.3. The molecule has 2 aromatic carbocycles. The van der Waals surface area contributed by atoms with Gasteiger partial charge in [0.1, 0.15) is 5.82 Å². The van der Waals surface area contributed by atoms with Crippen LogP contribution in [0.3, 0.4) is 0 Å². The van der Waals surface area contributed by atoms with Gasteiger partial charge in [-0.1, -0.05) is 55.3 Å². The fourth-order valence-corrected chi connectivity index (χ4v) is 4.13. The summed E-state index contributed by atoms with van der Waals surface area (Å²) in [5.41, 5.74) is 3.88. The Morgan fingerprint density at radius 1 is 1.09 bits per heavy atom. The number of halogens is 1. The summed E-state index contributed by atoms with van der Waals surface area (Å²) < 4.78 is 1.99. The zero-order chi connectivity index (χ0) is 22.7. The Labute approximate surface area is 219 Å². The van der Waals surface area contributed by atoms with Crippen LogP contribution in [-0.4, -0.2) is 60.3 Å². The topological polar surface area (TPSA) is 88.2 Å². The second-order valence-electron chi connectivity index (χ2n) is 7.69. The van der Waals surface area contributed by atoms with Crippen LogP contribution in [0.1, 0.15) is 47.2 Å². The molecule has 4 aromatic rings. The molecule has 0 atom stereocenters. The van der Waals surface area contributed by atoms with Gasteiger partial charge in [0, 0.05) is 23.9 Å². The molecular formula is C25H25ClN3NaO3. The zero-order valence-corrected chi connectivity index (χ0v) is 18.5. The van der Waals surface area contributed by atoms with E-state index in [1.165, 1.54) is 0 Å². The Bertz CT molecular complexity index is 1290. The molecule has 0 amide bonds. The van der Waals surface area contributed by atoms with Gasteiger partial charge in [0.2, 0.25) is 0 Å². The van der Waals surface area contributed by atoms with Crippen molar-refractivity contribution in [3.05, 3.63) is 82.4 Å². The zero-order valence-electron chi connectivity index (χ0n) is 17.8. The molecule has 0 aliphatic carbocycles. The molecule has 166 valence electrons. The van der Waals surface area contributed by atoms with Crippen molar-refractivity contribution in [1.82, 2.24) is 14.5 Å². The fraction of sp³-hybridized carbons (Fsp3) is 0.240. The molecule has 0 saturated carbocycles. The van der Waals surface area contributed by atoms with Gasteiger partial charge < -0.3 is 14.8 Å². The van der Waals surface area contributed by atoms with Crippen molar-refractivity contribution >= 4 is 58.0 Å². The number of nitrogens with zero attached hydrogens (tertiary/aromatic N) is 3. The molecular weight excluding hydrogens is 449 g/mol. The van der Waals surface area contributed by atoms with Gasteiger partial charge in [-0.3, -0.25) is 0 Å². The van der Waals surface area contributed by atoms with Gasteiger partial charge in [0.15, 0.2) is 5.15 Å². The Kier molecular flexibility index (Phi) is 8.68. The van der Waals surface area contributed by atoms with E-state index >= 15 is 0 Å². The van der Waals surface area contributed by atoms with Crippen LogP contribution in [0.4, 0.5) is 0 Å². The molecule has 8 heteroatoms. The third-order valence-corrected chi connectivity index (χ3v) is 5.84. The van der Waals surface area contributed by atoms with Crippen molar-refractivity contribution in [3.8, 4) is 11.3 Å². The number of carboxylic acids is 1. The van der Waals surface area contributed by atoms with E-state index < -0.39 is 5.97 Å². The first kappa shape index (κ1) is 25.4. The van der Waals surface area contributed by atoms with Gasteiger partial charge in [-0.25, -0.2) is 14.8 Å². The molecule has 0 bridgehead atoms. The second-order valence-corrected chi connectivity index (χ2v) is 8.05. The number of aliphatic hydroxyl groups is 1. The number of aromatic nitrogens is 3. The first-order valence-electron chi connectivity index (χ1n) is 10.6. The third kappa shape index (κ3) is 5.48. The molecule has 0 spiro atoms. The summed E-state index contributed by atoms with van der Waals surface area (Å²) in [6, 6.07) is 16.6. The van der Waals surface area contributed by atoms with Gasteiger partial charge in [-0.15, -0.1) is 0 Å². The van der Waals surface area contributed by atoms with E-state index in [2.05, 4.69) is 16.9 Å². The van der Waals surface area contributed by atoms with Crippen LogP contribution in [-0.2, 0) is 19.6 Å². The average molecular weight is 474 g/mol. The van der Waals surface area contributed by atoms with E-state index in [4.69, 9.17) is 11.6 Å². The van der Waals surface area contributed by atoms with E-state index in [0.717, 1.165) is 41.6 Å². The van der Waals surface area contributed by atoms with Gasteiger partial charge in [0.05, 0.1) is 29.1 Å². The molecule has 2 aromatic heterocycles. The van der Waals surface area contributed by atoms with Crippen molar-refractivity contribution in [2.75, 3.05) is 0 Å². The Hall–Kier alpha value is -2.22. The predicted molar refractivity (Wildman–Crippen MR) is 132 cm³/mol. The number of aromatic carboxylic acids is 1. The summed E-state index contributed by atoms with van der Waals surface area (Å²) in [6.07, 6.45) is 2.85. The van der Waals surface area contributed by atoms with Gasteiger partial charge in [-0.05, 0) is 36.2 Å². The maximum absolute atomic E-state index is 11.6. The van der Waals surface area contributed by atoms with E-state index in [1.807, 2.05) is 41.0 Å². The van der Waals surface area contributed by atoms with Gasteiger partial charge in [0.25, 0.3) is 0 Å². The van der Waals surface area contributed by atoms with Crippen molar-refractivity contribution in [1.29, 1.82) is 0 Å². The van der Waals surface area contributed by atoms with Crippen molar-refractivity contribution in [3.63, 3.8) is 0 Å². The summed E-state index contributed by atoms with van der Waals surface area (Å²) in [6.45, 7) is 2.51. The van der Waals surface area contributed by atoms with Crippen LogP contribution in [0.25, 0.3) is 22.2 Å². The first-order chi connectivity index (χ1) is 15.5. The quantitative estimate of drug-likeness (QED) is 0.363. The van der Waals surface area contributed by atoms with Crippen molar-refractivity contribution < 1.29 is 15.0 Å². The number of imidazole rings is 1. The van der Waals surface area contributed by atoms with E-state index in [-0.39, 0.29) is 41.7 Å². The molecule has 6 nitrogen and oxygen atoms in total. The number of aryl methyl sites for hydroxylation is 1. The Morgan fingerprint density at radius 2 is 1.88 bits per heavy atom. The Balaban J connectivity index is 0.00000306. The predicted octanol–water partition coefficient (Wildman–Crippen LogP) is 4.68. The average Bonchev–Trinajstić information content (AvgIpc) is 3.10. The van der Waals surface area contributed by atoms with Gasteiger partial charge in [-0.2, -0.15) is 0 Å². The summed E-state index contributed by atoms with van der Waals surface area (Å²) in [5.74, 6) is -0.102. The Morgan fingerprint density at radius 3 is 2.61 bits per heavy atom. The number of hydrogen-bond donors (Lipinski definition) is 2. The van der Waals surface area contributed by atoms with Crippen LogP contribution in [0.2, 0.25) is 5.15 Å². The van der Waals surface area contributed by atoms with Crippen LogP contribution in [0.15, 0.2) is 54.6 Å². The first-order valence-corrected chi connectivity index (χ1v) is 11.0. The minimum atomic E-state index is -0.976. The molecule has 4 rings (SSSR count). The van der Waals surface area contributed by atoms with Crippen molar-refractivity contribution in [2.24, 2.45) is 0 Å².